The van der Waals surface area contributed by atoms with E-state index in [0.29, 0.717) is 58.0 Å². The number of carbonyl (C=O) groups excluding carboxylic acids is 4. The Balaban J connectivity index is 1.16. The molecule has 3 heterocycles. The third-order valence-corrected chi connectivity index (χ3v) is 9.34. The number of likely N-dealkylation sites (tertiary alicyclic amines) is 1. The quantitative estimate of drug-likeness (QED) is 0.108. The molecule has 280 valence electrons. The maximum atomic E-state index is 15.6. The Morgan fingerprint density at radius 2 is 1.72 bits per heavy atom. The third kappa shape index (κ3) is 8.46. The molecule has 0 bridgehead atoms. The molecule has 3 amide bonds. The number of hydrogen-bond acceptors (Lipinski definition) is 8. The molecule has 15 heteroatoms. The fourth-order valence-corrected chi connectivity index (χ4v) is 6.56. The van der Waals surface area contributed by atoms with Crippen LogP contribution in [-0.2, 0) is 25.6 Å². The molecule has 0 unspecified atom stereocenters. The summed E-state index contributed by atoms with van der Waals surface area (Å²) in [4.78, 5) is 61.9. The van der Waals surface area contributed by atoms with E-state index >= 15 is 4.39 Å². The number of alkyl halides is 1. The molecule has 0 spiro atoms. The normalized spacial score (nSPS) is 15.4. The molecule has 54 heavy (non-hydrogen) atoms. The molecule has 1 aliphatic rings. The zero-order valence-corrected chi connectivity index (χ0v) is 30.2. The van der Waals surface area contributed by atoms with Gasteiger partial charge >= 0.3 is 0 Å². The monoisotopic (exact) mass is 758 g/mol. The lowest BCUT2D eigenvalue weighted by Crippen LogP contribution is -2.44. The summed E-state index contributed by atoms with van der Waals surface area (Å²) in [6, 6.07) is 15.2. The minimum Gasteiger partial charge on any atom is -0.382 e. The summed E-state index contributed by atoms with van der Waals surface area (Å²) in [6.07, 6.45) is 2.81. The van der Waals surface area contributed by atoms with Crippen LogP contribution in [-0.4, -0.2) is 95.2 Å². The number of methoxy groups -OCH3 is 1. The molecule has 1 fully saturated rings. The zero-order chi connectivity index (χ0) is 38.4. The van der Waals surface area contributed by atoms with Gasteiger partial charge in [-0.15, -0.1) is 0 Å². The Labute approximate surface area is 314 Å². The lowest BCUT2D eigenvalue weighted by Gasteiger charge is -2.24. The number of aromatic nitrogens is 3. The Morgan fingerprint density at radius 3 is 2.46 bits per heavy atom. The van der Waals surface area contributed by atoms with Crippen molar-refractivity contribution in [1.82, 2.24) is 24.8 Å². The minimum absolute atomic E-state index is 0.0222. The van der Waals surface area contributed by atoms with Gasteiger partial charge in [0.15, 0.2) is 11.6 Å². The molecule has 0 aliphatic carbocycles. The van der Waals surface area contributed by atoms with Gasteiger partial charge in [0.05, 0.1) is 32.1 Å². The molecule has 12 nitrogen and oxygen atoms in total. The molecule has 3 aromatic carbocycles. The minimum atomic E-state index is -1.47. The van der Waals surface area contributed by atoms with Crippen LogP contribution in [0.4, 0.5) is 14.5 Å². The summed E-state index contributed by atoms with van der Waals surface area (Å²) >= 11 is 6.28. The topological polar surface area (TPSA) is 145 Å². The van der Waals surface area contributed by atoms with Gasteiger partial charge in [-0.05, 0) is 36.8 Å². The summed E-state index contributed by atoms with van der Waals surface area (Å²) in [5.74, 6) is -2.74. The Kier molecular flexibility index (Phi) is 12.1. The van der Waals surface area contributed by atoms with E-state index in [0.717, 1.165) is 4.90 Å². The van der Waals surface area contributed by atoms with E-state index in [-0.39, 0.29) is 48.9 Å². The van der Waals surface area contributed by atoms with Crippen LogP contribution in [0.2, 0.25) is 5.02 Å². The molecule has 1 aliphatic heterocycles. The first-order valence-electron chi connectivity index (χ1n) is 17.1. The van der Waals surface area contributed by atoms with Crippen LogP contribution in [0.1, 0.15) is 34.3 Å². The first-order chi connectivity index (χ1) is 26.0. The summed E-state index contributed by atoms with van der Waals surface area (Å²) in [7, 11) is 1.57. The molecule has 5 aromatic rings. The smallest absolute Gasteiger partial charge is 0.289 e. The van der Waals surface area contributed by atoms with Gasteiger partial charge in [-0.1, -0.05) is 48.0 Å². The number of halogens is 3. The maximum absolute atomic E-state index is 15.6. The van der Waals surface area contributed by atoms with Crippen LogP contribution < -0.4 is 10.6 Å². The Hall–Kier alpha value is -5.57. The number of hydrogen-bond donors (Lipinski definition) is 2. The summed E-state index contributed by atoms with van der Waals surface area (Å²) in [5.41, 5.74) is 2.63. The molecule has 2 atom stereocenters. The van der Waals surface area contributed by atoms with Crippen LogP contribution in [0.15, 0.2) is 79.3 Å². The van der Waals surface area contributed by atoms with Crippen molar-refractivity contribution in [1.29, 1.82) is 0 Å². The van der Waals surface area contributed by atoms with Crippen LogP contribution in [0.25, 0.3) is 33.2 Å². The van der Waals surface area contributed by atoms with Crippen molar-refractivity contribution < 1.29 is 37.4 Å². The van der Waals surface area contributed by atoms with E-state index in [4.69, 9.17) is 21.1 Å². The Bertz CT molecular complexity index is 2200. The second-order valence-corrected chi connectivity index (χ2v) is 13.1. The number of ketones is 1. The summed E-state index contributed by atoms with van der Waals surface area (Å²) in [5, 5.41) is 6.11. The zero-order valence-electron chi connectivity index (χ0n) is 29.5. The number of nitrogens with one attached hydrogen (secondary N) is 2. The summed E-state index contributed by atoms with van der Waals surface area (Å²) < 4.78 is 42.2. The van der Waals surface area contributed by atoms with Gasteiger partial charge in [-0.3, -0.25) is 19.2 Å². The van der Waals surface area contributed by atoms with Crippen LogP contribution in [0.5, 0.6) is 0 Å². The number of carbonyl (C=O) groups is 4. The molecule has 2 N–H and O–H groups in total. The second-order valence-electron chi connectivity index (χ2n) is 12.6. The van der Waals surface area contributed by atoms with Gasteiger partial charge in [0.25, 0.3) is 5.91 Å². The Morgan fingerprint density at radius 1 is 0.963 bits per heavy atom. The highest BCUT2D eigenvalue weighted by Crippen LogP contribution is 2.34. The number of amides is 3. The lowest BCUT2D eigenvalue weighted by molar-refractivity contribution is -0.137. The second kappa shape index (κ2) is 17.1. The number of ether oxygens (including phenoxy) is 2. The van der Waals surface area contributed by atoms with Gasteiger partial charge in [-0.25, -0.2) is 18.7 Å². The number of Topliss-reactive ketones (excluding diaryl/α,β-unsaturated/α-hetero) is 1. The largest absolute Gasteiger partial charge is 0.382 e. The van der Waals surface area contributed by atoms with E-state index < -0.39 is 35.8 Å². The number of anilines is 1. The van der Waals surface area contributed by atoms with Crippen LogP contribution in [0.3, 0.4) is 0 Å². The fourth-order valence-electron chi connectivity index (χ4n) is 6.32. The average molecular weight is 759 g/mol. The third-order valence-electron chi connectivity index (χ3n) is 9.01. The predicted octanol–water partition coefficient (Wildman–Crippen LogP) is 5.73. The summed E-state index contributed by atoms with van der Waals surface area (Å²) in [6.45, 7) is 2.24. The standard InChI is InChI=1S/C39H37ClF2N6O6/c1-23(49)30-21-47(33-11-10-24(16-29(30)33)25-18-44-37(45-19-25)39(52)43-12-13-54-15-14-53-2)22-35(50)48-20-26(41)17-34(48)38(51)46-32-9-5-7-28(36(32)42)27-6-3-4-8-31(27)40/h3-11,16,18-19,21,26,34H,12-15,17,20,22H2,1-2H3,(H,43,52)(H,46,51)/t26-,34+/m1/s1. The predicted molar refractivity (Wildman–Crippen MR) is 198 cm³/mol. The van der Waals surface area contributed by atoms with Crippen molar-refractivity contribution >= 4 is 51.7 Å². The van der Waals surface area contributed by atoms with E-state index in [2.05, 4.69) is 20.6 Å². The number of nitrogens with zero attached hydrogens (tertiary/aromatic N) is 4. The molecule has 0 saturated carbocycles. The first kappa shape index (κ1) is 38.2. The molecular formula is C39H37ClF2N6O6. The van der Waals surface area contributed by atoms with Gasteiger partial charge < -0.3 is 29.6 Å². The number of benzene rings is 3. The van der Waals surface area contributed by atoms with Gasteiger partial charge in [-0.2, -0.15) is 0 Å². The fraction of sp³-hybridized carbons (Fsp3) is 0.282. The van der Waals surface area contributed by atoms with Gasteiger partial charge in [0, 0.05) is 76.8 Å². The van der Waals surface area contributed by atoms with E-state index in [9.17, 15) is 23.6 Å². The van der Waals surface area contributed by atoms with Gasteiger partial charge in [0.1, 0.15) is 18.8 Å². The van der Waals surface area contributed by atoms with Crippen molar-refractivity contribution in [3.8, 4) is 22.3 Å². The van der Waals surface area contributed by atoms with Crippen molar-refractivity contribution in [2.24, 2.45) is 0 Å². The average Bonchev–Trinajstić information content (AvgIpc) is 3.74. The van der Waals surface area contributed by atoms with Crippen molar-refractivity contribution in [2.75, 3.05) is 45.3 Å². The van der Waals surface area contributed by atoms with Crippen LogP contribution in [0, 0.1) is 5.82 Å². The number of fused-ring (bicyclic) bond motifs is 1. The van der Waals surface area contributed by atoms with Gasteiger partial charge in [0.2, 0.25) is 17.6 Å². The van der Waals surface area contributed by atoms with E-state index in [1.807, 2.05) is 0 Å². The molecule has 1 saturated heterocycles. The highest BCUT2D eigenvalue weighted by Gasteiger charge is 2.40. The maximum Gasteiger partial charge on any atom is 0.289 e. The molecule has 6 rings (SSSR count). The molecular weight excluding hydrogens is 722 g/mol. The van der Waals surface area contributed by atoms with E-state index in [1.165, 1.54) is 31.5 Å². The molecule has 2 aromatic heterocycles. The van der Waals surface area contributed by atoms with Crippen molar-refractivity contribution in [3.63, 3.8) is 0 Å². The van der Waals surface area contributed by atoms with Crippen molar-refractivity contribution in [2.45, 2.75) is 32.1 Å². The van der Waals surface area contributed by atoms with Crippen molar-refractivity contribution in [3.05, 3.63) is 101 Å². The highest BCUT2D eigenvalue weighted by molar-refractivity contribution is 6.33. The SMILES string of the molecule is COCCOCCNC(=O)c1ncc(-c2ccc3c(c2)c(C(C)=O)cn3CC(=O)N2C[C@H](F)C[C@H]2C(=O)Nc2cccc(-c3ccccc3Cl)c2F)cn1. The molecule has 0 radical (unpaired) electrons. The number of rotatable bonds is 14. The lowest BCUT2D eigenvalue weighted by atomic mass is 10.0. The van der Waals surface area contributed by atoms with Crippen LogP contribution >= 0.6 is 11.6 Å². The van der Waals surface area contributed by atoms with E-state index in [1.54, 1.807) is 66.4 Å². The highest BCUT2D eigenvalue weighted by atomic mass is 35.5. The first-order valence-corrected chi connectivity index (χ1v) is 17.5.